The van der Waals surface area contributed by atoms with Crippen molar-refractivity contribution in [2.75, 3.05) is 39.3 Å². The van der Waals surface area contributed by atoms with Crippen LogP contribution >= 0.6 is 0 Å². The van der Waals surface area contributed by atoms with Crippen molar-refractivity contribution in [2.45, 2.75) is 19.4 Å². The molecule has 2 aromatic carbocycles. The van der Waals surface area contributed by atoms with Crippen LogP contribution in [0.1, 0.15) is 30.6 Å². The minimum Gasteiger partial charge on any atom is -0.367 e. The minimum absolute atomic E-state index is 0.0413. The third-order valence-corrected chi connectivity index (χ3v) is 4.92. The van der Waals surface area contributed by atoms with Crippen LogP contribution in [0.15, 0.2) is 60.7 Å². The summed E-state index contributed by atoms with van der Waals surface area (Å²) in [7, 11) is 0. The molecule has 1 aliphatic heterocycles. The Bertz CT molecular complexity index is 628. The summed E-state index contributed by atoms with van der Waals surface area (Å²) in [6.07, 6.45) is 0.555. The van der Waals surface area contributed by atoms with Crippen molar-refractivity contribution in [2.24, 2.45) is 0 Å². The number of hydrogen-bond acceptors (Lipinski definition) is 3. The first-order valence-corrected chi connectivity index (χ1v) is 9.49. The quantitative estimate of drug-likeness (QED) is 0.766. The maximum atomic E-state index is 11.8. The highest BCUT2D eigenvalue weighted by molar-refractivity contribution is 5.75. The molecule has 0 atom stereocenters. The summed E-state index contributed by atoms with van der Waals surface area (Å²) in [4.78, 5) is 16.1. The molecule has 26 heavy (non-hydrogen) atoms. The summed E-state index contributed by atoms with van der Waals surface area (Å²) in [6.45, 7) is 7.00. The number of rotatable bonds is 7. The molecule has 0 spiro atoms. The summed E-state index contributed by atoms with van der Waals surface area (Å²) >= 11 is 0. The van der Waals surface area contributed by atoms with Crippen LogP contribution in [-0.2, 0) is 9.53 Å². The fourth-order valence-electron chi connectivity index (χ4n) is 3.38. The van der Waals surface area contributed by atoms with Crippen LogP contribution in [0.2, 0.25) is 0 Å². The Morgan fingerprint density at radius 2 is 1.46 bits per heavy atom. The fraction of sp³-hybridized carbons (Fsp3) is 0.409. The smallest absolute Gasteiger partial charge is 0.222 e. The summed E-state index contributed by atoms with van der Waals surface area (Å²) in [6, 6.07) is 20.7. The van der Waals surface area contributed by atoms with Crippen LogP contribution < -0.4 is 0 Å². The van der Waals surface area contributed by atoms with Crippen LogP contribution in [0.25, 0.3) is 0 Å². The van der Waals surface area contributed by atoms with Gasteiger partial charge in [0.05, 0.1) is 6.61 Å². The molecule has 1 heterocycles. The highest BCUT2D eigenvalue weighted by Crippen LogP contribution is 2.25. The molecule has 0 saturated carbocycles. The average Bonchev–Trinajstić information content (AvgIpc) is 2.72. The van der Waals surface area contributed by atoms with E-state index in [4.69, 9.17) is 4.74 Å². The van der Waals surface area contributed by atoms with Gasteiger partial charge < -0.3 is 9.64 Å². The lowest BCUT2D eigenvalue weighted by Crippen LogP contribution is -2.49. The molecule has 0 radical (unpaired) electrons. The third-order valence-electron chi connectivity index (χ3n) is 4.92. The third kappa shape index (κ3) is 4.93. The average molecular weight is 352 g/mol. The van der Waals surface area contributed by atoms with Gasteiger partial charge in [0.25, 0.3) is 0 Å². The van der Waals surface area contributed by atoms with Crippen LogP contribution in [-0.4, -0.2) is 55.0 Å². The van der Waals surface area contributed by atoms with Gasteiger partial charge in [-0.1, -0.05) is 67.6 Å². The van der Waals surface area contributed by atoms with E-state index >= 15 is 0 Å². The van der Waals surface area contributed by atoms with Gasteiger partial charge in [-0.3, -0.25) is 9.69 Å². The van der Waals surface area contributed by atoms with E-state index in [2.05, 4.69) is 53.4 Å². The predicted molar refractivity (Wildman–Crippen MR) is 104 cm³/mol. The van der Waals surface area contributed by atoms with Gasteiger partial charge in [0.2, 0.25) is 5.91 Å². The topological polar surface area (TPSA) is 32.8 Å². The summed E-state index contributed by atoms with van der Waals surface area (Å²) in [5, 5.41) is 0. The molecule has 1 fully saturated rings. The number of ether oxygens (including phenoxy) is 1. The van der Waals surface area contributed by atoms with E-state index in [1.54, 1.807) is 0 Å². The minimum atomic E-state index is -0.0413. The zero-order valence-corrected chi connectivity index (χ0v) is 15.5. The highest BCUT2D eigenvalue weighted by Gasteiger charge is 2.20. The second kappa shape index (κ2) is 9.51. The van der Waals surface area contributed by atoms with Gasteiger partial charge in [0, 0.05) is 39.1 Å². The van der Waals surface area contributed by atoms with Crippen molar-refractivity contribution < 1.29 is 9.53 Å². The van der Waals surface area contributed by atoms with Crippen molar-refractivity contribution in [3.8, 4) is 0 Å². The predicted octanol–water partition coefficient (Wildman–Crippen LogP) is 3.35. The van der Waals surface area contributed by atoms with E-state index < -0.39 is 0 Å². The van der Waals surface area contributed by atoms with E-state index in [0.717, 1.165) is 32.7 Å². The molecule has 1 amide bonds. The van der Waals surface area contributed by atoms with Crippen LogP contribution in [0.3, 0.4) is 0 Å². The van der Waals surface area contributed by atoms with Gasteiger partial charge in [-0.15, -0.1) is 0 Å². The van der Waals surface area contributed by atoms with Crippen LogP contribution in [0.5, 0.6) is 0 Å². The lowest BCUT2D eigenvalue weighted by atomic mass is 10.0. The maximum absolute atomic E-state index is 11.8. The van der Waals surface area contributed by atoms with Gasteiger partial charge in [-0.05, 0) is 11.1 Å². The molecule has 0 aliphatic carbocycles. The van der Waals surface area contributed by atoms with E-state index in [1.165, 1.54) is 11.1 Å². The van der Waals surface area contributed by atoms with E-state index in [1.807, 2.05) is 24.0 Å². The number of hydrogen-bond donors (Lipinski definition) is 0. The van der Waals surface area contributed by atoms with Crippen molar-refractivity contribution >= 4 is 5.91 Å². The largest absolute Gasteiger partial charge is 0.367 e. The monoisotopic (exact) mass is 352 g/mol. The Balaban J connectivity index is 1.54. The van der Waals surface area contributed by atoms with Crippen molar-refractivity contribution in [1.82, 2.24) is 9.80 Å². The first-order chi connectivity index (χ1) is 12.8. The molecule has 4 heteroatoms. The highest BCUT2D eigenvalue weighted by atomic mass is 16.5. The normalized spacial score (nSPS) is 15.4. The standard InChI is InChI=1S/C22H28N2O2/c1-2-21(25)24-15-13-23(14-16-24)17-18-26-22(19-9-5-3-6-10-19)20-11-7-4-8-12-20/h3-12,22H,2,13-18H2,1H3. The molecule has 0 bridgehead atoms. The number of amides is 1. The first kappa shape index (κ1) is 18.6. The Hall–Kier alpha value is -2.17. The van der Waals surface area contributed by atoms with Crippen LogP contribution in [0.4, 0.5) is 0 Å². The SMILES string of the molecule is CCC(=O)N1CCN(CCOC(c2ccccc2)c2ccccc2)CC1. The van der Waals surface area contributed by atoms with Crippen molar-refractivity contribution in [3.63, 3.8) is 0 Å². The molecule has 4 nitrogen and oxygen atoms in total. The summed E-state index contributed by atoms with van der Waals surface area (Å²) in [5.74, 6) is 0.258. The Kier molecular flexibility index (Phi) is 6.81. The lowest BCUT2D eigenvalue weighted by Gasteiger charge is -2.34. The molecule has 2 aromatic rings. The van der Waals surface area contributed by atoms with Crippen molar-refractivity contribution in [3.05, 3.63) is 71.8 Å². The van der Waals surface area contributed by atoms with E-state index in [9.17, 15) is 4.79 Å². The van der Waals surface area contributed by atoms with Gasteiger partial charge in [0.15, 0.2) is 0 Å². The molecule has 0 N–H and O–H groups in total. The van der Waals surface area contributed by atoms with E-state index in [0.29, 0.717) is 13.0 Å². The summed E-state index contributed by atoms with van der Waals surface area (Å²) < 4.78 is 6.29. The van der Waals surface area contributed by atoms with Crippen LogP contribution in [0, 0.1) is 0 Å². The Labute approximate surface area is 156 Å². The number of carbonyl (C=O) groups is 1. The maximum Gasteiger partial charge on any atom is 0.222 e. The molecule has 1 aliphatic rings. The summed E-state index contributed by atoms with van der Waals surface area (Å²) in [5.41, 5.74) is 2.36. The van der Waals surface area contributed by atoms with Gasteiger partial charge >= 0.3 is 0 Å². The molecule has 1 saturated heterocycles. The zero-order chi connectivity index (χ0) is 18.2. The lowest BCUT2D eigenvalue weighted by molar-refractivity contribution is -0.132. The first-order valence-electron chi connectivity index (χ1n) is 9.49. The molecule has 138 valence electrons. The second-order valence-corrected chi connectivity index (χ2v) is 6.65. The van der Waals surface area contributed by atoms with E-state index in [-0.39, 0.29) is 12.0 Å². The second-order valence-electron chi connectivity index (χ2n) is 6.65. The van der Waals surface area contributed by atoms with Gasteiger partial charge in [-0.2, -0.15) is 0 Å². The van der Waals surface area contributed by atoms with Gasteiger partial charge in [0.1, 0.15) is 6.10 Å². The molecular weight excluding hydrogens is 324 g/mol. The molecule has 0 unspecified atom stereocenters. The molecule has 0 aromatic heterocycles. The Morgan fingerprint density at radius 3 is 1.96 bits per heavy atom. The number of benzene rings is 2. The fourth-order valence-corrected chi connectivity index (χ4v) is 3.38. The molecule has 3 rings (SSSR count). The number of carbonyl (C=O) groups excluding carboxylic acids is 1. The van der Waals surface area contributed by atoms with Gasteiger partial charge in [-0.25, -0.2) is 0 Å². The van der Waals surface area contributed by atoms with Crippen molar-refractivity contribution in [1.29, 1.82) is 0 Å². The Morgan fingerprint density at radius 1 is 0.923 bits per heavy atom. The number of nitrogens with zero attached hydrogens (tertiary/aromatic N) is 2. The zero-order valence-electron chi connectivity index (χ0n) is 15.5. The number of piperazine rings is 1. The molecular formula is C22H28N2O2.